The van der Waals surface area contributed by atoms with Crippen LogP contribution in [0.5, 0.6) is 5.75 Å². The fourth-order valence-electron chi connectivity index (χ4n) is 5.00. The minimum absolute atomic E-state index is 0.0762. The molecular formula is C24H29N3O4. The third kappa shape index (κ3) is 3.67. The van der Waals surface area contributed by atoms with Gasteiger partial charge in [-0.3, -0.25) is 14.7 Å². The molecule has 0 aliphatic carbocycles. The lowest BCUT2D eigenvalue weighted by Crippen LogP contribution is -2.49. The van der Waals surface area contributed by atoms with E-state index in [2.05, 4.69) is 41.5 Å². The fraction of sp³-hybridized carbons (Fsp3) is 0.458. The zero-order valence-corrected chi connectivity index (χ0v) is 18.7. The summed E-state index contributed by atoms with van der Waals surface area (Å²) < 4.78 is 10.1. The Bertz CT molecular complexity index is 1000. The van der Waals surface area contributed by atoms with Gasteiger partial charge >= 0.3 is 5.97 Å². The molecule has 3 atom stereocenters. The van der Waals surface area contributed by atoms with Crippen LogP contribution >= 0.6 is 0 Å². The van der Waals surface area contributed by atoms with E-state index in [1.165, 1.54) is 30.0 Å². The van der Waals surface area contributed by atoms with Gasteiger partial charge < -0.3 is 14.4 Å². The first-order chi connectivity index (χ1) is 14.8. The Hall–Kier alpha value is -2.93. The van der Waals surface area contributed by atoms with E-state index in [1.54, 1.807) is 19.2 Å². The summed E-state index contributed by atoms with van der Waals surface area (Å²) in [6.07, 6.45) is 2.38. The Balaban J connectivity index is 1.46. The van der Waals surface area contributed by atoms with Crippen LogP contribution in [0, 0.1) is 13.8 Å². The van der Waals surface area contributed by atoms with Crippen LogP contribution in [-0.2, 0) is 4.74 Å². The largest absolute Gasteiger partial charge is 0.496 e. The fourth-order valence-corrected chi connectivity index (χ4v) is 5.00. The van der Waals surface area contributed by atoms with Crippen molar-refractivity contribution in [3.8, 4) is 5.75 Å². The zero-order valence-electron chi connectivity index (χ0n) is 18.7. The first-order valence-electron chi connectivity index (χ1n) is 10.6. The highest BCUT2D eigenvalue weighted by atomic mass is 16.5. The van der Waals surface area contributed by atoms with Gasteiger partial charge in [-0.05, 0) is 62.1 Å². The molecule has 7 heteroatoms. The monoisotopic (exact) mass is 423 g/mol. The van der Waals surface area contributed by atoms with Gasteiger partial charge in [0, 0.05) is 37.4 Å². The second-order valence-corrected chi connectivity index (χ2v) is 8.40. The first kappa shape index (κ1) is 21.3. The number of esters is 1. The Labute approximate surface area is 183 Å². The van der Waals surface area contributed by atoms with Crippen LogP contribution in [0.4, 0.5) is 0 Å². The maximum absolute atomic E-state index is 13.0. The number of ether oxygens (including phenoxy) is 2. The summed E-state index contributed by atoms with van der Waals surface area (Å²) in [6.45, 7) is 8.04. The number of carbonyl (C=O) groups is 2. The van der Waals surface area contributed by atoms with Gasteiger partial charge in [0.15, 0.2) is 0 Å². The van der Waals surface area contributed by atoms with E-state index in [1.807, 2.05) is 11.0 Å². The third-order valence-corrected chi connectivity index (χ3v) is 6.89. The summed E-state index contributed by atoms with van der Waals surface area (Å²) in [6, 6.07) is 8.18. The second kappa shape index (κ2) is 8.30. The van der Waals surface area contributed by atoms with Crippen molar-refractivity contribution in [1.82, 2.24) is 14.8 Å². The van der Waals surface area contributed by atoms with E-state index in [0.717, 1.165) is 18.7 Å². The number of amides is 1. The van der Waals surface area contributed by atoms with E-state index < -0.39 is 5.97 Å². The number of nitrogens with zero attached hydrogens (tertiary/aromatic N) is 3. The molecule has 164 valence electrons. The Morgan fingerprint density at radius 3 is 2.42 bits per heavy atom. The minimum Gasteiger partial charge on any atom is -0.496 e. The molecule has 0 N–H and O–H groups in total. The van der Waals surface area contributed by atoms with Crippen LogP contribution in [0.3, 0.4) is 0 Å². The normalized spacial score (nSPS) is 21.3. The number of rotatable bonds is 5. The lowest BCUT2D eigenvalue weighted by molar-refractivity contribution is 0.0559. The molecule has 2 aliphatic rings. The Morgan fingerprint density at radius 2 is 1.84 bits per heavy atom. The number of hydrogen-bond acceptors (Lipinski definition) is 6. The number of methoxy groups -OCH3 is 2. The van der Waals surface area contributed by atoms with Crippen molar-refractivity contribution in [2.45, 2.75) is 45.3 Å². The van der Waals surface area contributed by atoms with Gasteiger partial charge in [-0.25, -0.2) is 4.79 Å². The van der Waals surface area contributed by atoms with Crippen molar-refractivity contribution in [3.05, 3.63) is 58.4 Å². The molecule has 31 heavy (non-hydrogen) atoms. The van der Waals surface area contributed by atoms with Gasteiger partial charge in [0.25, 0.3) is 5.91 Å². The minimum atomic E-state index is -0.458. The number of fused-ring (bicyclic) bond motifs is 2. The SMILES string of the molecule is COC(=O)c1ccc(C(=O)N2C[C@H]3C[C@@H]2CN3[C@@H](C)c2ccc(OC)c(C)c2C)nc1. The Morgan fingerprint density at radius 1 is 1.06 bits per heavy atom. The highest BCUT2D eigenvalue weighted by molar-refractivity contribution is 5.94. The molecular weight excluding hydrogens is 394 g/mol. The predicted octanol–water partition coefficient (Wildman–Crippen LogP) is 3.15. The van der Waals surface area contributed by atoms with Crippen molar-refractivity contribution in [2.24, 2.45) is 0 Å². The molecule has 7 nitrogen and oxygen atoms in total. The molecule has 4 rings (SSSR count). The van der Waals surface area contributed by atoms with E-state index in [4.69, 9.17) is 4.74 Å². The topological polar surface area (TPSA) is 72.0 Å². The van der Waals surface area contributed by atoms with Gasteiger partial charge in [-0.15, -0.1) is 0 Å². The number of pyridine rings is 1. The third-order valence-electron chi connectivity index (χ3n) is 6.89. The van der Waals surface area contributed by atoms with Crippen molar-refractivity contribution in [3.63, 3.8) is 0 Å². The van der Waals surface area contributed by atoms with Gasteiger partial charge in [0.2, 0.25) is 0 Å². The molecule has 2 aromatic rings. The summed E-state index contributed by atoms with van der Waals surface area (Å²) in [5, 5.41) is 0. The summed E-state index contributed by atoms with van der Waals surface area (Å²) in [4.78, 5) is 33.2. The molecule has 0 radical (unpaired) electrons. The van der Waals surface area contributed by atoms with Crippen molar-refractivity contribution < 1.29 is 19.1 Å². The summed E-state index contributed by atoms with van der Waals surface area (Å²) in [7, 11) is 3.03. The molecule has 2 saturated heterocycles. The van der Waals surface area contributed by atoms with Crippen molar-refractivity contribution in [2.75, 3.05) is 27.3 Å². The van der Waals surface area contributed by atoms with Crippen LogP contribution in [0.25, 0.3) is 0 Å². The second-order valence-electron chi connectivity index (χ2n) is 8.40. The van der Waals surface area contributed by atoms with Gasteiger partial charge in [0.1, 0.15) is 11.4 Å². The summed E-state index contributed by atoms with van der Waals surface area (Å²) in [5.41, 5.74) is 4.45. The molecule has 1 aromatic heterocycles. The van der Waals surface area contributed by atoms with E-state index in [-0.39, 0.29) is 18.0 Å². The van der Waals surface area contributed by atoms with Crippen molar-refractivity contribution >= 4 is 11.9 Å². The molecule has 2 aliphatic heterocycles. The molecule has 0 saturated carbocycles. The van der Waals surface area contributed by atoms with Gasteiger partial charge in [-0.2, -0.15) is 0 Å². The first-order valence-corrected chi connectivity index (χ1v) is 10.6. The Kier molecular flexibility index (Phi) is 5.71. The van der Waals surface area contributed by atoms with Gasteiger partial charge in [0.05, 0.1) is 19.8 Å². The number of benzene rings is 1. The molecule has 1 amide bonds. The average molecular weight is 424 g/mol. The van der Waals surface area contributed by atoms with Crippen LogP contribution in [0.1, 0.15) is 56.9 Å². The predicted molar refractivity (Wildman–Crippen MR) is 116 cm³/mol. The maximum Gasteiger partial charge on any atom is 0.339 e. The lowest BCUT2D eigenvalue weighted by Gasteiger charge is -2.38. The smallest absolute Gasteiger partial charge is 0.339 e. The van der Waals surface area contributed by atoms with E-state index >= 15 is 0 Å². The molecule has 0 spiro atoms. The quantitative estimate of drug-likeness (QED) is 0.688. The number of carbonyl (C=O) groups excluding carboxylic acids is 2. The number of likely N-dealkylation sites (tertiary alicyclic amines) is 2. The van der Waals surface area contributed by atoms with Crippen LogP contribution < -0.4 is 4.74 Å². The van der Waals surface area contributed by atoms with Crippen LogP contribution in [0.2, 0.25) is 0 Å². The molecule has 1 aromatic carbocycles. The van der Waals surface area contributed by atoms with E-state index in [0.29, 0.717) is 23.8 Å². The van der Waals surface area contributed by atoms with Crippen LogP contribution in [-0.4, -0.2) is 66.1 Å². The number of piperazine rings is 1. The standard InChI is InChI=1S/C24H29N3O4/c1-14-15(2)22(30-4)9-7-20(14)16(3)26-12-19-10-18(26)13-27(19)23(28)21-8-6-17(11-25-21)24(29)31-5/h6-9,11,16,18-19H,10,12-13H2,1-5H3/t16-,18+,19+/m0/s1. The van der Waals surface area contributed by atoms with E-state index in [9.17, 15) is 9.59 Å². The average Bonchev–Trinajstić information content (AvgIpc) is 3.40. The molecule has 2 fully saturated rings. The molecule has 0 unspecified atom stereocenters. The highest BCUT2D eigenvalue weighted by Gasteiger charge is 2.47. The molecule has 3 heterocycles. The maximum atomic E-state index is 13.0. The summed E-state index contributed by atoms with van der Waals surface area (Å²) in [5.74, 6) is 0.381. The number of hydrogen-bond donors (Lipinski definition) is 0. The lowest BCUT2D eigenvalue weighted by atomic mass is 9.96. The summed E-state index contributed by atoms with van der Waals surface area (Å²) >= 11 is 0. The molecule has 2 bridgehead atoms. The van der Waals surface area contributed by atoms with Crippen LogP contribution in [0.15, 0.2) is 30.5 Å². The zero-order chi connectivity index (χ0) is 22.3. The van der Waals surface area contributed by atoms with Crippen molar-refractivity contribution in [1.29, 1.82) is 0 Å². The van der Waals surface area contributed by atoms with Gasteiger partial charge in [-0.1, -0.05) is 6.07 Å². The highest BCUT2D eigenvalue weighted by Crippen LogP contribution is 2.39. The number of aromatic nitrogens is 1.